The Bertz CT molecular complexity index is 1110. The van der Waals surface area contributed by atoms with Crippen LogP contribution in [0.15, 0.2) is 39.8 Å². The molecule has 160 valence electrons. The van der Waals surface area contributed by atoms with Gasteiger partial charge in [-0.3, -0.25) is 0 Å². The van der Waals surface area contributed by atoms with Gasteiger partial charge < -0.3 is 14.2 Å². The fourth-order valence-corrected chi connectivity index (χ4v) is 6.36. The molecule has 2 aromatic heterocycles. The highest BCUT2D eigenvalue weighted by Gasteiger charge is 2.31. The average molecular weight is 449 g/mol. The third kappa shape index (κ3) is 3.94. The fourth-order valence-electron chi connectivity index (χ4n) is 3.45. The van der Waals surface area contributed by atoms with Gasteiger partial charge in [0.2, 0.25) is 21.7 Å². The molecule has 8 nitrogen and oxygen atoms in total. The number of aryl methyl sites for hydroxylation is 2. The van der Waals surface area contributed by atoms with Gasteiger partial charge in [-0.25, -0.2) is 8.42 Å². The van der Waals surface area contributed by atoms with Crippen molar-refractivity contribution in [1.82, 2.24) is 14.4 Å². The summed E-state index contributed by atoms with van der Waals surface area (Å²) >= 11 is 1.37. The van der Waals surface area contributed by atoms with Gasteiger partial charge in [0.1, 0.15) is 5.75 Å². The first-order valence-electron chi connectivity index (χ1n) is 9.75. The molecule has 0 unspecified atom stereocenters. The normalized spacial score (nSPS) is 15.5. The number of hydrogen-bond acceptors (Lipinski definition) is 8. The molecule has 0 atom stereocenters. The molecule has 4 rings (SSSR count). The second-order valence-electron chi connectivity index (χ2n) is 6.99. The van der Waals surface area contributed by atoms with Crippen molar-refractivity contribution < 1.29 is 17.7 Å². The van der Waals surface area contributed by atoms with Crippen LogP contribution in [0.4, 0.5) is 5.69 Å². The summed E-state index contributed by atoms with van der Waals surface area (Å²) in [6.07, 6.45) is 0.640. The highest BCUT2D eigenvalue weighted by atomic mass is 32.2. The van der Waals surface area contributed by atoms with Gasteiger partial charge >= 0.3 is 0 Å². The molecule has 0 aliphatic carbocycles. The quantitative estimate of drug-likeness (QED) is 0.572. The molecule has 3 heterocycles. The number of thiophene rings is 1. The minimum atomic E-state index is -3.58. The smallest absolute Gasteiger partial charge is 0.244 e. The Hall–Kier alpha value is -2.43. The second-order valence-corrected chi connectivity index (χ2v) is 10.1. The first-order valence-corrected chi connectivity index (χ1v) is 12.0. The molecule has 30 heavy (non-hydrogen) atoms. The zero-order valence-corrected chi connectivity index (χ0v) is 18.8. The zero-order valence-electron chi connectivity index (χ0n) is 17.2. The first kappa shape index (κ1) is 20.8. The lowest BCUT2D eigenvalue weighted by atomic mass is 10.2. The van der Waals surface area contributed by atoms with Gasteiger partial charge in [0.15, 0.2) is 0 Å². The maximum Gasteiger partial charge on any atom is 0.244 e. The van der Waals surface area contributed by atoms with E-state index in [2.05, 4.69) is 15.0 Å². The van der Waals surface area contributed by atoms with E-state index in [0.717, 1.165) is 16.3 Å². The summed E-state index contributed by atoms with van der Waals surface area (Å²) < 4.78 is 38.5. The van der Waals surface area contributed by atoms with Crippen molar-refractivity contribution in [3.05, 3.63) is 41.1 Å². The van der Waals surface area contributed by atoms with Crippen molar-refractivity contribution in [2.45, 2.75) is 25.2 Å². The van der Waals surface area contributed by atoms with Crippen LogP contribution in [-0.2, 0) is 16.4 Å². The Kier molecular flexibility index (Phi) is 5.81. The Labute approximate surface area is 180 Å². The van der Waals surface area contributed by atoms with Crippen LogP contribution in [0.3, 0.4) is 0 Å². The van der Waals surface area contributed by atoms with Crippen molar-refractivity contribution in [1.29, 1.82) is 0 Å². The number of piperazine rings is 1. The molecular weight excluding hydrogens is 424 g/mol. The molecule has 1 aliphatic heterocycles. The standard InChI is InChI=1S/C20H24N4O4S2/c1-4-19-21-20(22-28-19)17-13-18(14(2)29-17)30(25,26)24-11-9-23(10-12-24)15-5-7-16(27-3)8-6-15/h5-8,13H,4,9-12H2,1-3H3. The van der Waals surface area contributed by atoms with Crippen molar-refractivity contribution in [2.24, 2.45) is 0 Å². The number of aromatic nitrogens is 2. The van der Waals surface area contributed by atoms with Gasteiger partial charge in [0.05, 0.1) is 16.9 Å². The molecule has 0 spiro atoms. The lowest BCUT2D eigenvalue weighted by Gasteiger charge is -2.35. The maximum absolute atomic E-state index is 13.3. The third-order valence-corrected chi connectivity index (χ3v) is 8.36. The van der Waals surface area contributed by atoms with E-state index in [1.165, 1.54) is 11.3 Å². The van der Waals surface area contributed by atoms with E-state index < -0.39 is 10.0 Å². The van der Waals surface area contributed by atoms with E-state index in [0.29, 0.717) is 54.1 Å². The van der Waals surface area contributed by atoms with Crippen molar-refractivity contribution in [2.75, 3.05) is 38.2 Å². The van der Waals surface area contributed by atoms with Crippen molar-refractivity contribution in [3.63, 3.8) is 0 Å². The number of rotatable bonds is 6. The van der Waals surface area contributed by atoms with Crippen LogP contribution < -0.4 is 9.64 Å². The summed E-state index contributed by atoms with van der Waals surface area (Å²) in [5, 5.41) is 3.96. The minimum Gasteiger partial charge on any atom is -0.497 e. The maximum atomic E-state index is 13.3. The van der Waals surface area contributed by atoms with Gasteiger partial charge in [0, 0.05) is 43.2 Å². The molecule has 10 heteroatoms. The predicted molar refractivity (Wildman–Crippen MR) is 116 cm³/mol. The topological polar surface area (TPSA) is 88.8 Å². The van der Waals surface area contributed by atoms with Crippen LogP contribution in [0, 0.1) is 6.92 Å². The Morgan fingerprint density at radius 2 is 1.87 bits per heavy atom. The minimum absolute atomic E-state index is 0.322. The molecule has 0 bridgehead atoms. The van der Waals surface area contributed by atoms with Crippen LogP contribution >= 0.6 is 11.3 Å². The Balaban J connectivity index is 1.49. The van der Waals surface area contributed by atoms with Crippen molar-refractivity contribution >= 4 is 27.0 Å². The number of benzene rings is 1. The predicted octanol–water partition coefficient (Wildman–Crippen LogP) is 3.19. The van der Waals surface area contributed by atoms with Gasteiger partial charge in [-0.1, -0.05) is 12.1 Å². The molecule has 0 amide bonds. The highest BCUT2D eigenvalue weighted by molar-refractivity contribution is 7.89. The van der Waals surface area contributed by atoms with E-state index in [4.69, 9.17) is 9.26 Å². The third-order valence-electron chi connectivity index (χ3n) is 5.16. The molecule has 0 radical (unpaired) electrons. The lowest BCUT2D eigenvalue weighted by molar-refractivity contribution is 0.382. The molecule has 0 N–H and O–H groups in total. The zero-order chi connectivity index (χ0) is 21.3. The summed E-state index contributed by atoms with van der Waals surface area (Å²) in [6.45, 7) is 5.87. The van der Waals surface area contributed by atoms with E-state index >= 15 is 0 Å². The van der Waals surface area contributed by atoms with Crippen LogP contribution in [0.25, 0.3) is 10.7 Å². The fraction of sp³-hybridized carbons (Fsp3) is 0.400. The molecule has 3 aromatic rings. The Morgan fingerprint density at radius 3 is 2.47 bits per heavy atom. The summed E-state index contributed by atoms with van der Waals surface area (Å²) in [6, 6.07) is 9.48. The van der Waals surface area contributed by atoms with Gasteiger partial charge in [-0.2, -0.15) is 9.29 Å². The first-order chi connectivity index (χ1) is 14.4. The molecule has 1 saturated heterocycles. The number of methoxy groups -OCH3 is 1. The molecule has 1 aliphatic rings. The SMILES string of the molecule is CCc1nc(-c2cc(S(=O)(=O)N3CCN(c4ccc(OC)cc4)CC3)c(C)s2)no1. The van der Waals surface area contributed by atoms with E-state index in [1.807, 2.05) is 38.1 Å². The van der Waals surface area contributed by atoms with Crippen LogP contribution in [-0.4, -0.2) is 56.2 Å². The van der Waals surface area contributed by atoms with E-state index in [9.17, 15) is 8.42 Å². The van der Waals surface area contributed by atoms with Crippen LogP contribution in [0.2, 0.25) is 0 Å². The van der Waals surface area contributed by atoms with Crippen molar-refractivity contribution in [3.8, 4) is 16.5 Å². The highest BCUT2D eigenvalue weighted by Crippen LogP contribution is 2.34. The van der Waals surface area contributed by atoms with Crippen LogP contribution in [0.5, 0.6) is 5.75 Å². The summed E-state index contributed by atoms with van der Waals surface area (Å²) in [7, 11) is -1.95. The van der Waals surface area contributed by atoms with Gasteiger partial charge in [-0.05, 0) is 37.3 Å². The Morgan fingerprint density at radius 1 is 1.17 bits per heavy atom. The lowest BCUT2D eigenvalue weighted by Crippen LogP contribution is -2.48. The number of ether oxygens (including phenoxy) is 1. The van der Waals surface area contributed by atoms with E-state index in [1.54, 1.807) is 17.5 Å². The van der Waals surface area contributed by atoms with Crippen LogP contribution in [0.1, 0.15) is 17.7 Å². The van der Waals surface area contributed by atoms with E-state index in [-0.39, 0.29) is 0 Å². The summed E-state index contributed by atoms with van der Waals surface area (Å²) in [5.74, 6) is 1.78. The number of anilines is 1. The number of nitrogens with zero attached hydrogens (tertiary/aromatic N) is 4. The largest absolute Gasteiger partial charge is 0.497 e. The number of hydrogen-bond donors (Lipinski definition) is 0. The molecule has 1 aromatic carbocycles. The molecule has 1 fully saturated rings. The average Bonchev–Trinajstić information content (AvgIpc) is 3.41. The summed E-state index contributed by atoms with van der Waals surface area (Å²) in [4.78, 5) is 8.25. The van der Waals surface area contributed by atoms with Gasteiger partial charge in [0.25, 0.3) is 0 Å². The van der Waals surface area contributed by atoms with Gasteiger partial charge in [-0.15, -0.1) is 11.3 Å². The molecule has 0 saturated carbocycles. The molecular formula is C20H24N4O4S2. The number of sulfonamides is 1. The second kappa shape index (κ2) is 8.37. The summed E-state index contributed by atoms with van der Waals surface area (Å²) in [5.41, 5.74) is 1.06. The monoisotopic (exact) mass is 448 g/mol.